The Kier molecular flexibility index (Phi) is 4.28. The van der Waals surface area contributed by atoms with Crippen molar-refractivity contribution in [2.45, 2.75) is 12.3 Å². The van der Waals surface area contributed by atoms with Crippen molar-refractivity contribution < 1.29 is 19.4 Å². The maximum atomic E-state index is 12.3. The number of amides is 1. The zero-order valence-corrected chi connectivity index (χ0v) is 12.5. The molecule has 0 fully saturated rings. The van der Waals surface area contributed by atoms with Gasteiger partial charge < -0.3 is 15.2 Å². The van der Waals surface area contributed by atoms with Gasteiger partial charge in [0.25, 0.3) is 0 Å². The molecule has 118 valence electrons. The van der Waals surface area contributed by atoms with Crippen molar-refractivity contribution >= 4 is 11.9 Å². The molecule has 5 heteroatoms. The van der Waals surface area contributed by atoms with Gasteiger partial charge in [-0.1, -0.05) is 30.3 Å². The SMILES string of the molecule is O=C(O)c1cccc(CCNC(=O)[C@@H]2COc3ccccc32)c1. The lowest BCUT2D eigenvalue weighted by Crippen LogP contribution is -2.31. The number of aromatic carboxylic acids is 1. The Balaban J connectivity index is 1.56. The van der Waals surface area contributed by atoms with Crippen LogP contribution in [0.3, 0.4) is 0 Å². The summed E-state index contributed by atoms with van der Waals surface area (Å²) in [6, 6.07) is 14.3. The van der Waals surface area contributed by atoms with E-state index in [4.69, 9.17) is 9.84 Å². The molecule has 0 aliphatic carbocycles. The van der Waals surface area contributed by atoms with Crippen molar-refractivity contribution in [2.75, 3.05) is 13.2 Å². The Labute approximate surface area is 133 Å². The number of para-hydroxylation sites is 1. The first kappa shape index (κ1) is 15.1. The monoisotopic (exact) mass is 311 g/mol. The number of benzene rings is 2. The van der Waals surface area contributed by atoms with Crippen LogP contribution in [-0.4, -0.2) is 30.1 Å². The van der Waals surface area contributed by atoms with Gasteiger partial charge in [0.05, 0.1) is 5.56 Å². The predicted octanol–water partition coefficient (Wildman–Crippen LogP) is 2.22. The summed E-state index contributed by atoms with van der Waals surface area (Å²) in [5.74, 6) is -0.529. The maximum Gasteiger partial charge on any atom is 0.335 e. The highest BCUT2D eigenvalue weighted by atomic mass is 16.5. The van der Waals surface area contributed by atoms with Crippen LogP contribution in [0.15, 0.2) is 48.5 Å². The standard InChI is InChI=1S/C18H17NO4/c20-17(15-11-23-16-7-2-1-6-14(15)16)19-9-8-12-4-3-5-13(10-12)18(21)22/h1-7,10,15H,8-9,11H2,(H,19,20)(H,21,22)/t15-/m1/s1. The highest BCUT2D eigenvalue weighted by Crippen LogP contribution is 2.33. The van der Waals surface area contributed by atoms with Gasteiger partial charge in [-0.15, -0.1) is 0 Å². The molecule has 1 aliphatic rings. The second-order valence-corrected chi connectivity index (χ2v) is 5.45. The number of nitrogens with one attached hydrogen (secondary N) is 1. The number of rotatable bonds is 5. The average Bonchev–Trinajstić information content (AvgIpc) is 2.99. The third kappa shape index (κ3) is 3.34. The number of hydrogen-bond acceptors (Lipinski definition) is 3. The summed E-state index contributed by atoms with van der Waals surface area (Å²) in [6.07, 6.45) is 0.585. The van der Waals surface area contributed by atoms with Crippen molar-refractivity contribution in [1.82, 2.24) is 5.32 Å². The minimum Gasteiger partial charge on any atom is -0.492 e. The fourth-order valence-corrected chi connectivity index (χ4v) is 2.69. The van der Waals surface area contributed by atoms with E-state index in [9.17, 15) is 9.59 Å². The van der Waals surface area contributed by atoms with Crippen LogP contribution in [0.25, 0.3) is 0 Å². The van der Waals surface area contributed by atoms with Gasteiger partial charge in [-0.05, 0) is 30.2 Å². The van der Waals surface area contributed by atoms with Crippen LogP contribution in [-0.2, 0) is 11.2 Å². The maximum absolute atomic E-state index is 12.3. The first-order chi connectivity index (χ1) is 11.1. The largest absolute Gasteiger partial charge is 0.492 e. The van der Waals surface area contributed by atoms with Crippen LogP contribution < -0.4 is 10.1 Å². The molecule has 1 amide bonds. The normalized spacial score (nSPS) is 15.6. The number of carbonyl (C=O) groups is 2. The van der Waals surface area contributed by atoms with Gasteiger partial charge in [0.15, 0.2) is 0 Å². The highest BCUT2D eigenvalue weighted by molar-refractivity contribution is 5.87. The minimum absolute atomic E-state index is 0.0654. The van der Waals surface area contributed by atoms with Gasteiger partial charge in [-0.25, -0.2) is 4.79 Å². The van der Waals surface area contributed by atoms with Crippen molar-refractivity contribution in [1.29, 1.82) is 0 Å². The van der Waals surface area contributed by atoms with Gasteiger partial charge in [0.2, 0.25) is 5.91 Å². The summed E-state index contributed by atoms with van der Waals surface area (Å²) in [5.41, 5.74) is 2.05. The Morgan fingerprint density at radius 3 is 2.83 bits per heavy atom. The molecule has 0 unspecified atom stereocenters. The molecule has 0 saturated heterocycles. The van der Waals surface area contributed by atoms with Crippen LogP contribution in [0, 0.1) is 0 Å². The van der Waals surface area contributed by atoms with Crippen LogP contribution in [0.4, 0.5) is 0 Å². The molecule has 1 atom stereocenters. The summed E-state index contributed by atoms with van der Waals surface area (Å²) in [7, 11) is 0. The molecule has 0 spiro atoms. The average molecular weight is 311 g/mol. The molecule has 2 aromatic rings. The molecule has 3 rings (SSSR count). The van der Waals surface area contributed by atoms with Gasteiger partial charge in [-0.2, -0.15) is 0 Å². The van der Waals surface area contributed by atoms with E-state index in [0.29, 0.717) is 19.6 Å². The molecule has 1 heterocycles. The van der Waals surface area contributed by atoms with Gasteiger partial charge in [-0.3, -0.25) is 4.79 Å². The van der Waals surface area contributed by atoms with E-state index in [-0.39, 0.29) is 17.4 Å². The number of hydrogen-bond donors (Lipinski definition) is 2. The number of carbonyl (C=O) groups excluding carboxylic acids is 1. The molecule has 5 nitrogen and oxygen atoms in total. The van der Waals surface area contributed by atoms with Gasteiger partial charge >= 0.3 is 5.97 Å². The minimum atomic E-state index is -0.949. The van der Waals surface area contributed by atoms with Crippen molar-refractivity contribution in [3.8, 4) is 5.75 Å². The quantitative estimate of drug-likeness (QED) is 0.888. The third-order valence-electron chi connectivity index (χ3n) is 3.90. The first-order valence-corrected chi connectivity index (χ1v) is 7.47. The molecular weight excluding hydrogens is 294 g/mol. The predicted molar refractivity (Wildman–Crippen MR) is 84.8 cm³/mol. The number of ether oxygens (including phenoxy) is 1. The highest BCUT2D eigenvalue weighted by Gasteiger charge is 2.29. The molecule has 23 heavy (non-hydrogen) atoms. The second kappa shape index (κ2) is 6.52. The van der Waals surface area contributed by atoms with E-state index in [1.807, 2.05) is 30.3 Å². The molecule has 0 aromatic heterocycles. The lowest BCUT2D eigenvalue weighted by atomic mass is 10.0. The Bertz CT molecular complexity index is 741. The van der Waals surface area contributed by atoms with Crippen LogP contribution in [0.1, 0.15) is 27.4 Å². The Morgan fingerprint density at radius 2 is 2.00 bits per heavy atom. The van der Waals surface area contributed by atoms with E-state index in [0.717, 1.165) is 16.9 Å². The molecule has 1 aliphatic heterocycles. The Hall–Kier alpha value is -2.82. The van der Waals surface area contributed by atoms with E-state index in [2.05, 4.69) is 5.32 Å². The van der Waals surface area contributed by atoms with Gasteiger partial charge in [0, 0.05) is 12.1 Å². The topological polar surface area (TPSA) is 75.6 Å². The summed E-state index contributed by atoms with van der Waals surface area (Å²) in [6.45, 7) is 0.820. The van der Waals surface area contributed by atoms with Crippen molar-refractivity contribution in [3.05, 3.63) is 65.2 Å². The lowest BCUT2D eigenvalue weighted by molar-refractivity contribution is -0.122. The lowest BCUT2D eigenvalue weighted by Gasteiger charge is -2.10. The number of fused-ring (bicyclic) bond motifs is 1. The smallest absolute Gasteiger partial charge is 0.335 e. The van der Waals surface area contributed by atoms with Crippen molar-refractivity contribution in [2.24, 2.45) is 0 Å². The van der Waals surface area contributed by atoms with E-state index >= 15 is 0 Å². The van der Waals surface area contributed by atoms with Crippen LogP contribution >= 0.6 is 0 Å². The van der Waals surface area contributed by atoms with Gasteiger partial charge in [0.1, 0.15) is 18.3 Å². The van der Waals surface area contributed by atoms with Crippen LogP contribution in [0.5, 0.6) is 5.75 Å². The molecule has 0 bridgehead atoms. The molecule has 0 radical (unpaired) electrons. The fraction of sp³-hybridized carbons (Fsp3) is 0.222. The zero-order chi connectivity index (χ0) is 16.2. The summed E-state index contributed by atoms with van der Waals surface area (Å²) < 4.78 is 5.51. The van der Waals surface area contributed by atoms with Crippen molar-refractivity contribution in [3.63, 3.8) is 0 Å². The molecule has 2 N–H and O–H groups in total. The fourth-order valence-electron chi connectivity index (χ4n) is 2.69. The first-order valence-electron chi connectivity index (χ1n) is 7.47. The number of carboxylic acid groups (broad SMARTS) is 1. The third-order valence-corrected chi connectivity index (χ3v) is 3.90. The number of carboxylic acids is 1. The summed E-state index contributed by atoms with van der Waals surface area (Å²) in [4.78, 5) is 23.2. The van der Waals surface area contributed by atoms with E-state index in [1.165, 1.54) is 0 Å². The Morgan fingerprint density at radius 1 is 1.17 bits per heavy atom. The molecule has 0 saturated carbocycles. The summed E-state index contributed by atoms with van der Waals surface area (Å²) in [5, 5.41) is 11.9. The second-order valence-electron chi connectivity index (χ2n) is 5.45. The van der Waals surface area contributed by atoms with Crippen LogP contribution in [0.2, 0.25) is 0 Å². The molecular formula is C18H17NO4. The molecule has 2 aromatic carbocycles. The summed E-state index contributed by atoms with van der Waals surface area (Å²) >= 11 is 0. The van der Waals surface area contributed by atoms with E-state index < -0.39 is 5.97 Å². The zero-order valence-electron chi connectivity index (χ0n) is 12.5. The van der Waals surface area contributed by atoms with E-state index in [1.54, 1.807) is 18.2 Å².